The Labute approximate surface area is 80.4 Å². The average Bonchev–Trinajstić information content (AvgIpc) is 2.06. The molecule has 0 bridgehead atoms. The fourth-order valence-electron chi connectivity index (χ4n) is 0.428. The summed E-state index contributed by atoms with van der Waals surface area (Å²) in [7, 11) is 0. The van der Waals surface area contributed by atoms with Crippen molar-refractivity contribution in [2.24, 2.45) is 5.41 Å². The van der Waals surface area contributed by atoms with Crippen molar-refractivity contribution in [2.45, 2.75) is 20.8 Å². The van der Waals surface area contributed by atoms with Crippen molar-refractivity contribution in [1.82, 2.24) is 0 Å². The fraction of sp³-hybridized carbons (Fsp3) is 0.333. The highest BCUT2D eigenvalue weighted by Gasteiger charge is 2.00. The van der Waals surface area contributed by atoms with E-state index in [0.717, 1.165) is 0 Å². The Morgan fingerprint density at radius 2 is 1.54 bits per heavy atom. The van der Waals surface area contributed by atoms with Crippen molar-refractivity contribution < 1.29 is 5.11 Å². The number of phenolic OH excluding ortho intramolecular Hbond substituents is 1. The van der Waals surface area contributed by atoms with Gasteiger partial charge in [-0.3, -0.25) is 0 Å². The fourth-order valence-corrected chi connectivity index (χ4v) is 0.428. The van der Waals surface area contributed by atoms with Gasteiger partial charge in [0.05, 0.1) is 0 Å². The minimum absolute atomic E-state index is 0.0694. The molecule has 1 aromatic rings. The molecule has 0 aliphatic rings. The van der Waals surface area contributed by atoms with Crippen LogP contribution in [-0.2, 0) is 0 Å². The summed E-state index contributed by atoms with van der Waals surface area (Å²) < 4.78 is 0. The van der Waals surface area contributed by atoms with E-state index in [2.05, 4.69) is 5.92 Å². The predicted octanol–water partition coefficient (Wildman–Crippen LogP) is 3.06. The molecule has 0 amide bonds. The van der Waals surface area contributed by atoms with E-state index in [0.29, 0.717) is 5.75 Å². The molecule has 0 spiro atoms. The van der Waals surface area contributed by atoms with Gasteiger partial charge in [0.25, 0.3) is 0 Å². The number of phenols is 1. The highest BCUT2D eigenvalue weighted by Crippen LogP contribution is 2.08. The van der Waals surface area contributed by atoms with Gasteiger partial charge in [0.2, 0.25) is 0 Å². The topological polar surface area (TPSA) is 20.2 Å². The first kappa shape index (κ1) is 11.6. The van der Waals surface area contributed by atoms with Gasteiger partial charge in [-0.1, -0.05) is 18.2 Å². The highest BCUT2D eigenvalue weighted by molar-refractivity contribution is 5.18. The number of benzene rings is 1. The molecule has 0 aromatic heterocycles. The van der Waals surface area contributed by atoms with Crippen LogP contribution in [0.5, 0.6) is 5.75 Å². The quantitative estimate of drug-likeness (QED) is 0.602. The van der Waals surface area contributed by atoms with Crippen LogP contribution < -0.4 is 0 Å². The second kappa shape index (κ2) is 5.27. The molecule has 0 unspecified atom stereocenters. The Hall–Kier alpha value is -1.42. The third-order valence-corrected chi connectivity index (χ3v) is 1.19. The summed E-state index contributed by atoms with van der Waals surface area (Å²) in [6.45, 7) is 6.02. The standard InChI is InChI=1S/C6H6O.C6H10/c7-6-4-2-1-3-5-6;1-5-6(2,3)4/h1-5,7H;1H,2-4H3. The molecule has 0 aliphatic carbocycles. The normalized spacial score (nSPS) is 9.38. The molecule has 0 atom stereocenters. The zero-order valence-electron chi connectivity index (χ0n) is 8.41. The lowest BCUT2D eigenvalue weighted by molar-refractivity contribution is 0.475. The summed E-state index contributed by atoms with van der Waals surface area (Å²) >= 11 is 0. The van der Waals surface area contributed by atoms with Gasteiger partial charge in [0.1, 0.15) is 5.75 Å². The zero-order valence-corrected chi connectivity index (χ0v) is 8.41. The Kier molecular flexibility index (Phi) is 4.69. The molecule has 0 radical (unpaired) electrons. The van der Waals surface area contributed by atoms with Gasteiger partial charge in [-0.25, -0.2) is 0 Å². The Morgan fingerprint density at radius 3 is 1.69 bits per heavy atom. The maximum Gasteiger partial charge on any atom is 0.115 e. The van der Waals surface area contributed by atoms with Crippen LogP contribution >= 0.6 is 0 Å². The van der Waals surface area contributed by atoms with E-state index in [-0.39, 0.29) is 5.41 Å². The number of aromatic hydroxyl groups is 1. The van der Waals surface area contributed by atoms with Crippen LogP contribution in [0.1, 0.15) is 20.8 Å². The molecule has 1 rings (SSSR count). The van der Waals surface area contributed by atoms with E-state index >= 15 is 0 Å². The van der Waals surface area contributed by atoms with E-state index in [9.17, 15) is 0 Å². The smallest absolute Gasteiger partial charge is 0.115 e. The SMILES string of the molecule is C#CC(C)(C)C.Oc1ccccc1. The molecule has 1 heteroatoms. The van der Waals surface area contributed by atoms with Crippen LogP contribution in [0.4, 0.5) is 0 Å². The van der Waals surface area contributed by atoms with Gasteiger partial charge < -0.3 is 5.11 Å². The van der Waals surface area contributed by atoms with Crippen LogP contribution in [0.2, 0.25) is 0 Å². The second-order valence-corrected chi connectivity index (χ2v) is 3.73. The van der Waals surface area contributed by atoms with Gasteiger partial charge in [0.15, 0.2) is 0 Å². The Morgan fingerprint density at radius 1 is 1.15 bits per heavy atom. The lowest BCUT2D eigenvalue weighted by atomic mass is 9.99. The van der Waals surface area contributed by atoms with Crippen LogP contribution in [0, 0.1) is 17.8 Å². The van der Waals surface area contributed by atoms with Crippen LogP contribution in [0.3, 0.4) is 0 Å². The van der Waals surface area contributed by atoms with E-state index in [1.165, 1.54) is 0 Å². The van der Waals surface area contributed by atoms with Crippen molar-refractivity contribution in [2.75, 3.05) is 0 Å². The van der Waals surface area contributed by atoms with Gasteiger partial charge in [-0.05, 0) is 32.9 Å². The maximum atomic E-state index is 8.63. The molecule has 1 nitrogen and oxygen atoms in total. The van der Waals surface area contributed by atoms with Gasteiger partial charge in [-0.2, -0.15) is 0 Å². The molecule has 1 aromatic carbocycles. The molecule has 0 heterocycles. The second-order valence-electron chi connectivity index (χ2n) is 3.73. The first-order chi connectivity index (χ1) is 5.95. The minimum Gasteiger partial charge on any atom is -0.508 e. The van der Waals surface area contributed by atoms with E-state index in [4.69, 9.17) is 11.5 Å². The van der Waals surface area contributed by atoms with Crippen molar-refractivity contribution >= 4 is 0 Å². The summed E-state index contributed by atoms with van der Waals surface area (Å²) in [6, 6.07) is 8.71. The summed E-state index contributed by atoms with van der Waals surface area (Å²) in [5, 5.41) is 8.63. The first-order valence-corrected chi connectivity index (χ1v) is 4.17. The van der Waals surface area contributed by atoms with Crippen LogP contribution in [0.25, 0.3) is 0 Å². The number of terminal acetylenes is 1. The molecular weight excluding hydrogens is 160 g/mol. The highest BCUT2D eigenvalue weighted by atomic mass is 16.3. The average molecular weight is 176 g/mol. The van der Waals surface area contributed by atoms with Crippen LogP contribution in [0.15, 0.2) is 30.3 Å². The van der Waals surface area contributed by atoms with Crippen molar-refractivity contribution in [3.8, 4) is 18.1 Å². The number of hydrogen-bond donors (Lipinski definition) is 1. The lowest BCUT2D eigenvalue weighted by Gasteiger charge is -2.04. The number of para-hydroxylation sites is 1. The first-order valence-electron chi connectivity index (χ1n) is 4.17. The molecule has 0 fully saturated rings. The summed E-state index contributed by atoms with van der Waals surface area (Å²) in [5.41, 5.74) is 0.0694. The number of hydrogen-bond acceptors (Lipinski definition) is 1. The summed E-state index contributed by atoms with van der Waals surface area (Å²) in [6.07, 6.45) is 5.06. The van der Waals surface area contributed by atoms with Crippen LogP contribution in [-0.4, -0.2) is 5.11 Å². The molecule has 13 heavy (non-hydrogen) atoms. The monoisotopic (exact) mass is 176 g/mol. The number of rotatable bonds is 0. The zero-order chi connectivity index (χ0) is 10.3. The molecular formula is C12H16O. The molecule has 0 aliphatic heterocycles. The predicted molar refractivity (Wildman–Crippen MR) is 56.4 cm³/mol. The Balaban J connectivity index is 0.000000226. The summed E-state index contributed by atoms with van der Waals surface area (Å²) in [4.78, 5) is 0. The molecule has 0 saturated heterocycles. The van der Waals surface area contributed by atoms with Crippen molar-refractivity contribution in [3.63, 3.8) is 0 Å². The van der Waals surface area contributed by atoms with Gasteiger partial charge in [0, 0.05) is 5.41 Å². The van der Waals surface area contributed by atoms with Crippen molar-refractivity contribution in [3.05, 3.63) is 30.3 Å². The van der Waals surface area contributed by atoms with Gasteiger partial charge >= 0.3 is 0 Å². The van der Waals surface area contributed by atoms with Crippen molar-refractivity contribution in [1.29, 1.82) is 0 Å². The Bertz CT molecular complexity index is 261. The largest absolute Gasteiger partial charge is 0.508 e. The van der Waals surface area contributed by atoms with E-state index < -0.39 is 0 Å². The maximum absolute atomic E-state index is 8.63. The summed E-state index contributed by atoms with van der Waals surface area (Å²) in [5.74, 6) is 2.93. The molecule has 0 saturated carbocycles. The molecule has 1 N–H and O–H groups in total. The lowest BCUT2D eigenvalue weighted by Crippen LogP contribution is -1.97. The third kappa shape index (κ3) is 8.49. The van der Waals surface area contributed by atoms with Gasteiger partial charge in [-0.15, -0.1) is 12.3 Å². The third-order valence-electron chi connectivity index (χ3n) is 1.19. The molecule has 70 valence electrons. The van der Waals surface area contributed by atoms with E-state index in [1.807, 2.05) is 26.8 Å². The minimum atomic E-state index is 0.0694. The van der Waals surface area contributed by atoms with E-state index in [1.54, 1.807) is 24.3 Å².